The van der Waals surface area contributed by atoms with E-state index >= 15 is 0 Å². The van der Waals surface area contributed by atoms with Crippen LogP contribution in [0.2, 0.25) is 0 Å². The molecule has 1 heterocycles. The highest BCUT2D eigenvalue weighted by Gasteiger charge is 2.23. The van der Waals surface area contributed by atoms with Gasteiger partial charge in [0.15, 0.2) is 0 Å². The summed E-state index contributed by atoms with van der Waals surface area (Å²) < 4.78 is 6.13. The van der Waals surface area contributed by atoms with Gasteiger partial charge >= 0.3 is 0 Å². The molecular formula is C29H29N3O3. The lowest BCUT2D eigenvalue weighted by molar-refractivity contribution is -0.133. The van der Waals surface area contributed by atoms with Gasteiger partial charge in [-0.25, -0.2) is 0 Å². The van der Waals surface area contributed by atoms with Crippen molar-refractivity contribution < 1.29 is 14.3 Å². The normalized spacial score (nSPS) is 13.8. The Morgan fingerprint density at radius 2 is 1.49 bits per heavy atom. The highest BCUT2D eigenvalue weighted by atomic mass is 16.5. The zero-order valence-electron chi connectivity index (χ0n) is 19.9. The Kier molecular flexibility index (Phi) is 7.92. The topological polar surface area (TPSA) is 82.4 Å². The first-order valence-corrected chi connectivity index (χ1v) is 11.9. The Labute approximate surface area is 206 Å². The number of anilines is 1. The summed E-state index contributed by atoms with van der Waals surface area (Å²) in [5.41, 5.74) is 5.63. The Bertz CT molecular complexity index is 1190. The van der Waals surface area contributed by atoms with Crippen LogP contribution in [0.5, 0.6) is 0 Å². The quantitative estimate of drug-likeness (QED) is 0.534. The van der Waals surface area contributed by atoms with Crippen LogP contribution in [0.1, 0.15) is 36.5 Å². The number of carbonyl (C=O) groups is 2. The molecule has 2 amide bonds. The monoisotopic (exact) mass is 467 g/mol. The zero-order chi connectivity index (χ0) is 24.6. The number of nitrogens with zero attached hydrogens (tertiary/aromatic N) is 2. The van der Waals surface area contributed by atoms with Crippen molar-refractivity contribution in [2.75, 3.05) is 18.4 Å². The molecule has 1 aliphatic heterocycles. The fourth-order valence-corrected chi connectivity index (χ4v) is 4.21. The molecule has 0 spiro atoms. The molecule has 0 aliphatic carbocycles. The first-order chi connectivity index (χ1) is 17.0. The molecule has 0 radical (unpaired) electrons. The first-order valence-electron chi connectivity index (χ1n) is 11.9. The largest absolute Gasteiger partial charge is 0.373 e. The van der Waals surface area contributed by atoms with Crippen molar-refractivity contribution in [1.29, 1.82) is 5.26 Å². The lowest BCUT2D eigenvalue weighted by atomic mass is 10.0. The van der Waals surface area contributed by atoms with E-state index in [4.69, 9.17) is 10.00 Å². The highest BCUT2D eigenvalue weighted by Crippen LogP contribution is 2.23. The van der Waals surface area contributed by atoms with Crippen molar-refractivity contribution in [3.63, 3.8) is 0 Å². The van der Waals surface area contributed by atoms with Gasteiger partial charge in [-0.05, 0) is 59.4 Å². The van der Waals surface area contributed by atoms with E-state index in [9.17, 15) is 9.59 Å². The van der Waals surface area contributed by atoms with E-state index in [0.29, 0.717) is 31.7 Å². The van der Waals surface area contributed by atoms with Crippen molar-refractivity contribution in [1.82, 2.24) is 4.90 Å². The van der Waals surface area contributed by atoms with Crippen molar-refractivity contribution in [2.45, 2.75) is 38.9 Å². The van der Waals surface area contributed by atoms with Gasteiger partial charge in [-0.15, -0.1) is 0 Å². The third-order valence-electron chi connectivity index (χ3n) is 6.21. The van der Waals surface area contributed by atoms with Crippen LogP contribution in [-0.4, -0.2) is 35.9 Å². The number of likely N-dealkylation sites (tertiary alicyclic amines) is 1. The first kappa shape index (κ1) is 24.2. The molecule has 1 aliphatic rings. The van der Waals surface area contributed by atoms with Crippen molar-refractivity contribution in [3.05, 3.63) is 89.5 Å². The number of nitriles is 1. The summed E-state index contributed by atoms with van der Waals surface area (Å²) in [5.74, 6) is 0.0383. The van der Waals surface area contributed by atoms with Crippen LogP contribution in [-0.2, 0) is 27.4 Å². The lowest BCUT2D eigenvalue weighted by Gasteiger charge is -2.32. The number of amides is 2. The van der Waals surface area contributed by atoms with E-state index in [-0.39, 0.29) is 17.9 Å². The molecule has 6 nitrogen and oxygen atoms in total. The van der Waals surface area contributed by atoms with Gasteiger partial charge in [0.05, 0.1) is 30.8 Å². The number of carbonyl (C=O) groups excluding carboxylic acids is 2. The van der Waals surface area contributed by atoms with Gasteiger partial charge in [-0.2, -0.15) is 5.26 Å². The smallest absolute Gasteiger partial charge is 0.226 e. The van der Waals surface area contributed by atoms with Crippen LogP contribution in [0.15, 0.2) is 72.8 Å². The number of hydrogen-bond acceptors (Lipinski definition) is 4. The van der Waals surface area contributed by atoms with Crippen LogP contribution in [0.25, 0.3) is 11.1 Å². The molecule has 35 heavy (non-hydrogen) atoms. The molecule has 0 unspecified atom stereocenters. The molecule has 3 aromatic rings. The van der Waals surface area contributed by atoms with Gasteiger partial charge in [0.1, 0.15) is 0 Å². The van der Waals surface area contributed by atoms with Crippen LogP contribution >= 0.6 is 0 Å². The predicted molar refractivity (Wildman–Crippen MR) is 135 cm³/mol. The molecule has 6 heteroatoms. The molecule has 1 fully saturated rings. The molecule has 1 N–H and O–H groups in total. The molecule has 1 saturated heterocycles. The maximum Gasteiger partial charge on any atom is 0.226 e. The second kappa shape index (κ2) is 11.5. The summed E-state index contributed by atoms with van der Waals surface area (Å²) in [7, 11) is 0. The number of piperidine rings is 1. The number of ether oxygens (including phenoxy) is 1. The second-order valence-corrected chi connectivity index (χ2v) is 8.83. The third kappa shape index (κ3) is 6.78. The van der Waals surface area contributed by atoms with E-state index in [1.165, 1.54) is 6.92 Å². The summed E-state index contributed by atoms with van der Waals surface area (Å²) in [6, 6.07) is 25.4. The van der Waals surface area contributed by atoms with Crippen LogP contribution in [0.3, 0.4) is 0 Å². The fraction of sp³-hybridized carbons (Fsp3) is 0.276. The zero-order valence-corrected chi connectivity index (χ0v) is 19.9. The maximum absolute atomic E-state index is 12.6. The lowest BCUT2D eigenvalue weighted by Crippen LogP contribution is -2.41. The standard InChI is InChI=1S/C29H29N3O3/c1-21(33)31-27-12-10-26(11-13-27)25-8-6-24(7-9-25)20-35-28-14-16-32(17-15-28)29(34)18-22-2-4-23(19-30)5-3-22/h2-13,28H,14-18,20H2,1H3,(H,31,33). The van der Waals surface area contributed by atoms with E-state index in [0.717, 1.165) is 40.8 Å². The summed E-state index contributed by atoms with van der Waals surface area (Å²) >= 11 is 0. The van der Waals surface area contributed by atoms with Gasteiger partial charge in [-0.3, -0.25) is 9.59 Å². The summed E-state index contributed by atoms with van der Waals surface area (Å²) in [6.07, 6.45) is 2.17. The van der Waals surface area contributed by atoms with E-state index in [1.54, 1.807) is 12.1 Å². The number of hydrogen-bond donors (Lipinski definition) is 1. The molecule has 3 aromatic carbocycles. The predicted octanol–water partition coefficient (Wildman–Crippen LogP) is 4.93. The van der Waals surface area contributed by atoms with Crippen LogP contribution in [0.4, 0.5) is 5.69 Å². The molecule has 0 saturated carbocycles. The molecule has 0 bridgehead atoms. The Morgan fingerprint density at radius 3 is 2.06 bits per heavy atom. The van der Waals surface area contributed by atoms with E-state index < -0.39 is 0 Å². The summed E-state index contributed by atoms with van der Waals surface area (Å²) in [6.45, 7) is 3.45. The van der Waals surface area contributed by atoms with Gasteiger partial charge in [0, 0.05) is 25.7 Å². The van der Waals surface area contributed by atoms with Gasteiger partial charge < -0.3 is 15.0 Å². The van der Waals surface area contributed by atoms with Crippen molar-refractivity contribution in [2.24, 2.45) is 0 Å². The minimum Gasteiger partial charge on any atom is -0.373 e. The molecule has 0 atom stereocenters. The van der Waals surface area contributed by atoms with Crippen LogP contribution < -0.4 is 5.32 Å². The number of benzene rings is 3. The Hall–Kier alpha value is -3.95. The number of rotatable bonds is 7. The van der Waals surface area contributed by atoms with E-state index in [1.807, 2.05) is 41.3 Å². The molecule has 4 rings (SSSR count). The van der Waals surface area contributed by atoms with Gasteiger partial charge in [0.25, 0.3) is 0 Å². The molecular weight excluding hydrogens is 438 g/mol. The average Bonchev–Trinajstić information content (AvgIpc) is 2.89. The fourth-order valence-electron chi connectivity index (χ4n) is 4.21. The Morgan fingerprint density at radius 1 is 0.914 bits per heavy atom. The SMILES string of the molecule is CC(=O)Nc1ccc(-c2ccc(COC3CCN(C(=O)Cc4ccc(C#N)cc4)CC3)cc2)cc1. The van der Waals surface area contributed by atoms with Gasteiger partial charge in [0.2, 0.25) is 11.8 Å². The minimum absolute atomic E-state index is 0.0810. The minimum atomic E-state index is -0.0810. The third-order valence-corrected chi connectivity index (χ3v) is 6.21. The van der Waals surface area contributed by atoms with Crippen LogP contribution in [0, 0.1) is 11.3 Å². The maximum atomic E-state index is 12.6. The Balaban J connectivity index is 1.21. The van der Waals surface area contributed by atoms with E-state index in [2.05, 4.69) is 35.7 Å². The molecule has 178 valence electrons. The summed E-state index contributed by atoms with van der Waals surface area (Å²) in [5, 5.41) is 11.7. The summed E-state index contributed by atoms with van der Waals surface area (Å²) in [4.78, 5) is 25.7. The van der Waals surface area contributed by atoms with Gasteiger partial charge in [-0.1, -0.05) is 48.5 Å². The molecule has 0 aromatic heterocycles. The van der Waals surface area contributed by atoms with Crippen molar-refractivity contribution in [3.8, 4) is 17.2 Å². The number of nitrogens with one attached hydrogen (secondary N) is 1. The highest BCUT2D eigenvalue weighted by molar-refractivity contribution is 5.89. The van der Waals surface area contributed by atoms with Crippen molar-refractivity contribution >= 4 is 17.5 Å². The second-order valence-electron chi connectivity index (χ2n) is 8.83. The average molecular weight is 468 g/mol.